The number of nitrogens with one attached hydrogen (secondary N) is 1. The van der Waals surface area contributed by atoms with E-state index in [9.17, 15) is 4.79 Å². The SMILES string of the molecule is CCCc1ccccc1NC(=O)C(C)C(N)=NO. The second-order valence-electron chi connectivity index (χ2n) is 4.14. The van der Waals surface area contributed by atoms with Crippen molar-refractivity contribution in [3.05, 3.63) is 29.8 Å². The van der Waals surface area contributed by atoms with E-state index in [1.807, 2.05) is 24.3 Å². The number of hydrogen-bond donors (Lipinski definition) is 3. The van der Waals surface area contributed by atoms with Crippen LogP contribution in [0.5, 0.6) is 0 Å². The van der Waals surface area contributed by atoms with Gasteiger partial charge >= 0.3 is 0 Å². The number of benzene rings is 1. The number of nitrogens with zero attached hydrogens (tertiary/aromatic N) is 1. The zero-order chi connectivity index (χ0) is 13.5. The number of nitrogens with two attached hydrogens (primary N) is 1. The fraction of sp³-hybridized carbons (Fsp3) is 0.385. The largest absolute Gasteiger partial charge is 0.409 e. The minimum atomic E-state index is -0.662. The zero-order valence-electron chi connectivity index (χ0n) is 10.7. The molecule has 18 heavy (non-hydrogen) atoms. The molecule has 0 spiro atoms. The van der Waals surface area contributed by atoms with Crippen LogP contribution in [0, 0.1) is 5.92 Å². The maximum absolute atomic E-state index is 11.9. The summed E-state index contributed by atoms with van der Waals surface area (Å²) in [4.78, 5) is 11.9. The van der Waals surface area contributed by atoms with Gasteiger partial charge in [-0.25, -0.2) is 0 Å². The van der Waals surface area contributed by atoms with Crippen molar-refractivity contribution in [2.75, 3.05) is 5.32 Å². The van der Waals surface area contributed by atoms with E-state index in [1.54, 1.807) is 6.92 Å². The van der Waals surface area contributed by atoms with Crippen LogP contribution in [0.25, 0.3) is 0 Å². The Balaban J connectivity index is 2.81. The maximum atomic E-state index is 11.9. The molecule has 0 aromatic heterocycles. The standard InChI is InChI=1S/C13H19N3O2/c1-3-6-10-7-4-5-8-11(10)15-13(17)9(2)12(14)16-18/h4-5,7-9,18H,3,6H2,1-2H3,(H2,14,16)(H,15,17). The molecule has 0 fully saturated rings. The number of para-hydroxylation sites is 1. The van der Waals surface area contributed by atoms with Crippen molar-refractivity contribution >= 4 is 17.4 Å². The normalized spacial score (nSPS) is 13.1. The van der Waals surface area contributed by atoms with E-state index in [1.165, 1.54) is 0 Å². The quantitative estimate of drug-likeness (QED) is 0.322. The number of rotatable bonds is 5. The molecule has 1 aromatic carbocycles. The van der Waals surface area contributed by atoms with E-state index in [2.05, 4.69) is 17.4 Å². The first kappa shape index (κ1) is 14.0. The number of carbonyl (C=O) groups is 1. The molecular weight excluding hydrogens is 230 g/mol. The summed E-state index contributed by atoms with van der Waals surface area (Å²) in [5, 5.41) is 14.2. The van der Waals surface area contributed by atoms with Crippen molar-refractivity contribution in [1.29, 1.82) is 0 Å². The average Bonchev–Trinajstić information content (AvgIpc) is 2.39. The van der Waals surface area contributed by atoms with E-state index in [0.29, 0.717) is 0 Å². The smallest absolute Gasteiger partial charge is 0.234 e. The van der Waals surface area contributed by atoms with Gasteiger partial charge in [0.05, 0.1) is 5.92 Å². The predicted octanol–water partition coefficient (Wildman–Crippen LogP) is 1.96. The van der Waals surface area contributed by atoms with Crippen LogP contribution in [0.15, 0.2) is 29.4 Å². The lowest BCUT2D eigenvalue weighted by molar-refractivity contribution is -0.117. The van der Waals surface area contributed by atoms with Crippen molar-refractivity contribution in [2.45, 2.75) is 26.7 Å². The highest BCUT2D eigenvalue weighted by molar-refractivity contribution is 6.07. The molecule has 1 aromatic rings. The van der Waals surface area contributed by atoms with E-state index < -0.39 is 5.92 Å². The van der Waals surface area contributed by atoms with Crippen molar-refractivity contribution in [3.8, 4) is 0 Å². The Morgan fingerprint density at radius 3 is 2.78 bits per heavy atom. The molecule has 98 valence electrons. The molecule has 0 bridgehead atoms. The van der Waals surface area contributed by atoms with Crippen LogP contribution >= 0.6 is 0 Å². The summed E-state index contributed by atoms with van der Waals surface area (Å²) in [7, 11) is 0. The highest BCUT2D eigenvalue weighted by atomic mass is 16.4. The Labute approximate surface area is 107 Å². The summed E-state index contributed by atoms with van der Waals surface area (Å²) in [6, 6.07) is 7.63. The maximum Gasteiger partial charge on any atom is 0.234 e. The van der Waals surface area contributed by atoms with Crippen LogP contribution in [-0.2, 0) is 11.2 Å². The van der Waals surface area contributed by atoms with Crippen LogP contribution in [-0.4, -0.2) is 17.0 Å². The molecule has 1 rings (SSSR count). The second kappa shape index (κ2) is 6.64. The Morgan fingerprint density at radius 1 is 1.50 bits per heavy atom. The zero-order valence-corrected chi connectivity index (χ0v) is 10.7. The van der Waals surface area contributed by atoms with Crippen LogP contribution in [0.4, 0.5) is 5.69 Å². The third-order valence-corrected chi connectivity index (χ3v) is 2.75. The van der Waals surface area contributed by atoms with Crippen LogP contribution in [0.2, 0.25) is 0 Å². The van der Waals surface area contributed by atoms with Crippen molar-refractivity contribution < 1.29 is 10.0 Å². The van der Waals surface area contributed by atoms with Gasteiger partial charge in [-0.1, -0.05) is 36.7 Å². The van der Waals surface area contributed by atoms with Crippen molar-refractivity contribution in [1.82, 2.24) is 0 Å². The summed E-state index contributed by atoms with van der Waals surface area (Å²) in [5.41, 5.74) is 7.27. The van der Waals surface area contributed by atoms with Gasteiger partial charge in [-0.05, 0) is 25.0 Å². The summed E-state index contributed by atoms with van der Waals surface area (Å²) in [5.74, 6) is -1.04. The average molecular weight is 249 g/mol. The van der Waals surface area contributed by atoms with Gasteiger partial charge in [0.2, 0.25) is 5.91 Å². The lowest BCUT2D eigenvalue weighted by Gasteiger charge is -2.13. The van der Waals surface area contributed by atoms with Crippen LogP contribution < -0.4 is 11.1 Å². The molecule has 1 unspecified atom stereocenters. The van der Waals surface area contributed by atoms with E-state index in [-0.39, 0.29) is 11.7 Å². The van der Waals surface area contributed by atoms with Crippen LogP contribution in [0.1, 0.15) is 25.8 Å². The molecule has 1 amide bonds. The number of oxime groups is 1. The summed E-state index contributed by atoms with van der Waals surface area (Å²) in [6.07, 6.45) is 1.90. The molecule has 0 saturated heterocycles. The molecule has 0 aliphatic heterocycles. The molecule has 0 heterocycles. The van der Waals surface area contributed by atoms with Gasteiger partial charge in [0, 0.05) is 5.69 Å². The van der Waals surface area contributed by atoms with E-state index in [0.717, 1.165) is 24.1 Å². The number of hydrogen-bond acceptors (Lipinski definition) is 3. The van der Waals surface area contributed by atoms with Gasteiger partial charge < -0.3 is 16.3 Å². The second-order valence-corrected chi connectivity index (χ2v) is 4.14. The topological polar surface area (TPSA) is 87.7 Å². The molecule has 0 aliphatic rings. The first-order valence-electron chi connectivity index (χ1n) is 5.96. The first-order chi connectivity index (χ1) is 8.60. The Hall–Kier alpha value is -2.04. The number of amidine groups is 1. The fourth-order valence-corrected chi connectivity index (χ4v) is 1.59. The van der Waals surface area contributed by atoms with Gasteiger partial charge in [-0.3, -0.25) is 4.79 Å². The van der Waals surface area contributed by atoms with E-state index in [4.69, 9.17) is 10.9 Å². The summed E-state index contributed by atoms with van der Waals surface area (Å²) < 4.78 is 0. The number of carbonyl (C=O) groups excluding carboxylic acids is 1. The highest BCUT2D eigenvalue weighted by Crippen LogP contribution is 2.17. The molecule has 0 saturated carbocycles. The summed E-state index contributed by atoms with van der Waals surface area (Å²) in [6.45, 7) is 3.67. The highest BCUT2D eigenvalue weighted by Gasteiger charge is 2.18. The molecule has 1 atom stereocenters. The fourth-order valence-electron chi connectivity index (χ4n) is 1.59. The van der Waals surface area contributed by atoms with Crippen LogP contribution in [0.3, 0.4) is 0 Å². The summed E-state index contributed by atoms with van der Waals surface area (Å²) >= 11 is 0. The number of amides is 1. The molecular formula is C13H19N3O2. The first-order valence-corrected chi connectivity index (χ1v) is 5.96. The minimum Gasteiger partial charge on any atom is -0.409 e. The third kappa shape index (κ3) is 3.48. The van der Waals surface area contributed by atoms with Gasteiger partial charge in [0.15, 0.2) is 5.84 Å². The third-order valence-electron chi connectivity index (χ3n) is 2.75. The van der Waals surface area contributed by atoms with Gasteiger partial charge in [-0.15, -0.1) is 0 Å². The molecule has 0 radical (unpaired) electrons. The van der Waals surface area contributed by atoms with Gasteiger partial charge in [0.25, 0.3) is 0 Å². The number of aryl methyl sites for hydroxylation is 1. The van der Waals surface area contributed by atoms with Crippen molar-refractivity contribution in [2.24, 2.45) is 16.8 Å². The Morgan fingerprint density at radius 2 is 2.17 bits per heavy atom. The lowest BCUT2D eigenvalue weighted by Crippen LogP contribution is -2.32. The Bertz CT molecular complexity index is 444. The lowest BCUT2D eigenvalue weighted by atomic mass is 10.1. The number of anilines is 1. The molecule has 4 N–H and O–H groups in total. The molecule has 0 aliphatic carbocycles. The molecule has 5 heteroatoms. The van der Waals surface area contributed by atoms with Crippen molar-refractivity contribution in [3.63, 3.8) is 0 Å². The Kier molecular flexibility index (Phi) is 5.17. The van der Waals surface area contributed by atoms with E-state index >= 15 is 0 Å². The monoisotopic (exact) mass is 249 g/mol. The minimum absolute atomic E-state index is 0.0968. The predicted molar refractivity (Wildman–Crippen MR) is 71.6 cm³/mol. The van der Waals surface area contributed by atoms with Gasteiger partial charge in [0.1, 0.15) is 0 Å². The van der Waals surface area contributed by atoms with Gasteiger partial charge in [-0.2, -0.15) is 0 Å². The molecule has 5 nitrogen and oxygen atoms in total.